The Morgan fingerprint density at radius 2 is 1.73 bits per heavy atom. The molecule has 4 saturated carbocycles. The van der Waals surface area contributed by atoms with Gasteiger partial charge in [-0.3, -0.25) is 9.59 Å². The van der Waals surface area contributed by atoms with E-state index in [1.165, 1.54) is 13.8 Å². The number of fused-ring (bicyclic) bond motifs is 5. The van der Waals surface area contributed by atoms with Crippen molar-refractivity contribution < 1.29 is 53.1 Å². The zero-order chi connectivity index (χ0) is 31.7. The van der Waals surface area contributed by atoms with E-state index in [0.717, 1.165) is 18.3 Å². The minimum atomic E-state index is -1.30. The highest BCUT2D eigenvalue weighted by molar-refractivity contribution is 5.85. The molecule has 2 N–H and O–H groups in total. The van der Waals surface area contributed by atoms with Crippen molar-refractivity contribution in [3.63, 3.8) is 0 Å². The van der Waals surface area contributed by atoms with Crippen molar-refractivity contribution in [2.45, 2.75) is 134 Å². The average molecular weight is 619 g/mol. The lowest BCUT2D eigenvalue weighted by Gasteiger charge is -2.65. The molecule has 2 aliphatic heterocycles. The molecule has 0 spiro atoms. The van der Waals surface area contributed by atoms with E-state index in [4.69, 9.17) is 23.7 Å². The lowest BCUT2D eigenvalue weighted by molar-refractivity contribution is -0.288. The summed E-state index contributed by atoms with van der Waals surface area (Å²) in [6.45, 7) is 6.72. The standard InChI is InChI=1S/C33H46O11/c1-18-29(43-20(3)36)26(42-19(2)35)14-28(41-18)44-22-5-10-31(17-34)24-6-9-30(4)23(21-13-27(37)40-16-21)8-12-33(30,39)25(24)7-11-32(31,38)15-22/h13,17-18,22-26,28-29,38-39H,5-12,14-16H2,1-4H3/t18-,22-,23-,24+,25-,26-,28+,29+,30-,31+,32+,33-/m1/s1. The molecule has 0 aromatic heterocycles. The molecule has 0 radical (unpaired) electrons. The van der Waals surface area contributed by atoms with Gasteiger partial charge in [-0.15, -0.1) is 0 Å². The highest BCUT2D eigenvalue weighted by Gasteiger charge is 2.71. The molecule has 0 bridgehead atoms. The van der Waals surface area contributed by atoms with Gasteiger partial charge in [0.05, 0.1) is 28.8 Å². The summed E-state index contributed by atoms with van der Waals surface area (Å²) < 4.78 is 28.5. The van der Waals surface area contributed by atoms with Crippen LogP contribution in [-0.2, 0) is 42.9 Å². The molecule has 0 amide bonds. The van der Waals surface area contributed by atoms with E-state index in [-0.39, 0.29) is 43.2 Å². The number of ether oxygens (including phenoxy) is 5. The van der Waals surface area contributed by atoms with Crippen molar-refractivity contribution in [2.24, 2.45) is 28.6 Å². The van der Waals surface area contributed by atoms with Crippen LogP contribution < -0.4 is 0 Å². The lowest BCUT2D eigenvalue weighted by atomic mass is 9.41. The maximum absolute atomic E-state index is 13.1. The zero-order valence-electron chi connectivity index (χ0n) is 26.1. The summed E-state index contributed by atoms with van der Waals surface area (Å²) in [6, 6.07) is 0. The van der Waals surface area contributed by atoms with Gasteiger partial charge in [-0.05, 0) is 81.6 Å². The first-order valence-electron chi connectivity index (χ1n) is 16.2. The first kappa shape index (κ1) is 31.6. The van der Waals surface area contributed by atoms with Gasteiger partial charge in [0.25, 0.3) is 0 Å². The molecule has 5 fully saturated rings. The fourth-order valence-electron chi connectivity index (χ4n) is 10.4. The van der Waals surface area contributed by atoms with E-state index in [1.54, 1.807) is 13.0 Å². The molecule has 11 nitrogen and oxygen atoms in total. The molecular weight excluding hydrogens is 572 g/mol. The first-order valence-corrected chi connectivity index (χ1v) is 16.2. The molecule has 6 aliphatic rings. The highest BCUT2D eigenvalue weighted by Crippen LogP contribution is 2.70. The van der Waals surface area contributed by atoms with Crippen molar-refractivity contribution >= 4 is 24.2 Å². The van der Waals surface area contributed by atoms with Crippen molar-refractivity contribution in [3.05, 3.63) is 11.6 Å². The normalized spacial score (nSPS) is 48.2. The Bertz CT molecular complexity index is 1230. The van der Waals surface area contributed by atoms with Gasteiger partial charge in [-0.2, -0.15) is 0 Å². The topological polar surface area (TPSA) is 155 Å². The number of rotatable bonds is 6. The molecule has 4 aliphatic carbocycles. The second-order valence-corrected chi connectivity index (χ2v) is 14.5. The summed E-state index contributed by atoms with van der Waals surface area (Å²) in [6.07, 6.45) is 4.39. The maximum atomic E-state index is 13.1. The Morgan fingerprint density at radius 3 is 2.39 bits per heavy atom. The minimum absolute atomic E-state index is 0.0474. The van der Waals surface area contributed by atoms with Crippen LogP contribution in [0.15, 0.2) is 11.6 Å². The van der Waals surface area contributed by atoms with Crippen LogP contribution in [0, 0.1) is 28.6 Å². The third-order valence-corrected chi connectivity index (χ3v) is 12.4. The Kier molecular flexibility index (Phi) is 8.03. The highest BCUT2D eigenvalue weighted by atomic mass is 16.7. The van der Waals surface area contributed by atoms with Crippen LogP contribution in [-0.4, -0.2) is 82.9 Å². The third kappa shape index (κ3) is 4.84. The predicted octanol–water partition coefficient (Wildman–Crippen LogP) is 2.92. The number of carbonyl (C=O) groups excluding carboxylic acids is 4. The predicted molar refractivity (Wildman–Crippen MR) is 153 cm³/mol. The van der Waals surface area contributed by atoms with Crippen molar-refractivity contribution in [1.82, 2.24) is 0 Å². The third-order valence-electron chi connectivity index (χ3n) is 12.4. The van der Waals surface area contributed by atoms with Crippen LogP contribution in [0.2, 0.25) is 0 Å². The van der Waals surface area contributed by atoms with Crippen molar-refractivity contribution in [1.29, 1.82) is 0 Å². The summed E-state index contributed by atoms with van der Waals surface area (Å²) in [4.78, 5) is 48.4. The van der Waals surface area contributed by atoms with E-state index in [2.05, 4.69) is 6.92 Å². The molecule has 0 unspecified atom stereocenters. The van der Waals surface area contributed by atoms with Crippen LogP contribution in [0.5, 0.6) is 0 Å². The van der Waals surface area contributed by atoms with Crippen molar-refractivity contribution in [2.75, 3.05) is 6.61 Å². The van der Waals surface area contributed by atoms with Crippen LogP contribution in [0.3, 0.4) is 0 Å². The monoisotopic (exact) mass is 618 g/mol. The van der Waals surface area contributed by atoms with Crippen LogP contribution in [0.4, 0.5) is 0 Å². The van der Waals surface area contributed by atoms with Gasteiger partial charge in [0.15, 0.2) is 12.4 Å². The fourth-order valence-corrected chi connectivity index (χ4v) is 10.4. The van der Waals surface area contributed by atoms with Gasteiger partial charge in [-0.25, -0.2) is 4.79 Å². The van der Waals surface area contributed by atoms with E-state index in [9.17, 15) is 29.4 Å². The smallest absolute Gasteiger partial charge is 0.331 e. The Labute approximate surface area is 257 Å². The largest absolute Gasteiger partial charge is 0.458 e. The summed E-state index contributed by atoms with van der Waals surface area (Å²) in [7, 11) is 0. The number of hydrogen-bond acceptors (Lipinski definition) is 11. The van der Waals surface area contributed by atoms with Crippen LogP contribution >= 0.6 is 0 Å². The summed E-state index contributed by atoms with van der Waals surface area (Å²) >= 11 is 0. The number of hydrogen-bond donors (Lipinski definition) is 2. The molecular formula is C33H46O11. The molecule has 2 heterocycles. The van der Waals surface area contributed by atoms with Gasteiger partial charge >= 0.3 is 17.9 Å². The van der Waals surface area contributed by atoms with Gasteiger partial charge in [0.1, 0.15) is 19.0 Å². The minimum Gasteiger partial charge on any atom is -0.458 e. The van der Waals surface area contributed by atoms with Gasteiger partial charge in [0, 0.05) is 38.2 Å². The van der Waals surface area contributed by atoms with Gasteiger partial charge in [0.2, 0.25) is 0 Å². The maximum Gasteiger partial charge on any atom is 0.331 e. The summed E-state index contributed by atoms with van der Waals surface area (Å²) in [5.74, 6) is -1.59. The van der Waals surface area contributed by atoms with E-state index < -0.39 is 64.7 Å². The Hall–Kier alpha value is -2.34. The van der Waals surface area contributed by atoms with E-state index in [0.29, 0.717) is 44.9 Å². The molecule has 44 heavy (non-hydrogen) atoms. The zero-order valence-corrected chi connectivity index (χ0v) is 26.1. The van der Waals surface area contributed by atoms with Crippen LogP contribution in [0.25, 0.3) is 0 Å². The Balaban J connectivity index is 1.18. The van der Waals surface area contributed by atoms with Gasteiger partial charge < -0.3 is 38.7 Å². The number of cyclic esters (lactones) is 1. The Morgan fingerprint density at radius 1 is 1.00 bits per heavy atom. The molecule has 12 atom stereocenters. The van der Waals surface area contributed by atoms with Crippen molar-refractivity contribution in [3.8, 4) is 0 Å². The van der Waals surface area contributed by atoms with Gasteiger partial charge in [-0.1, -0.05) is 6.92 Å². The number of aliphatic hydroxyl groups is 2. The molecule has 244 valence electrons. The van der Waals surface area contributed by atoms with Crippen LogP contribution in [0.1, 0.15) is 91.9 Å². The van der Waals surface area contributed by atoms with E-state index >= 15 is 0 Å². The molecule has 1 saturated heterocycles. The summed E-state index contributed by atoms with van der Waals surface area (Å²) in [5.41, 5.74) is -2.79. The second kappa shape index (κ2) is 11.2. The number of carbonyl (C=O) groups is 4. The first-order chi connectivity index (χ1) is 20.7. The molecule has 0 aromatic carbocycles. The summed E-state index contributed by atoms with van der Waals surface area (Å²) in [5, 5.41) is 24.7. The SMILES string of the molecule is CC(=O)O[C@H]1[C@@H](C)O[C@@H](O[C@@H]2CC[C@]3(C=O)[C@H]4CC[C@]5(C)[C@@H](C6=CC(=O)OC6)CC[C@@]5(O)[C@@H]4CC[C@]3(O)C2)C[C@H]1OC(C)=O. The number of esters is 3. The fraction of sp³-hybridized carbons (Fsp3) is 0.818. The molecule has 6 rings (SSSR count). The lowest BCUT2D eigenvalue weighted by Crippen LogP contribution is -2.69. The second-order valence-electron chi connectivity index (χ2n) is 14.5. The molecule has 11 heteroatoms. The average Bonchev–Trinajstić information content (AvgIpc) is 3.49. The quantitative estimate of drug-likeness (QED) is 0.195. The van der Waals surface area contributed by atoms with E-state index in [1.807, 2.05) is 0 Å². The number of aldehydes is 1. The molecule has 0 aromatic rings.